The van der Waals surface area contributed by atoms with Crippen molar-refractivity contribution in [3.05, 3.63) is 46.2 Å². The number of carbonyl (C=O) groups excluding carboxylic acids is 1. The van der Waals surface area contributed by atoms with Crippen LogP contribution in [0.5, 0.6) is 0 Å². The summed E-state index contributed by atoms with van der Waals surface area (Å²) in [5.41, 5.74) is 1.08. The van der Waals surface area contributed by atoms with Gasteiger partial charge in [0.15, 0.2) is 11.5 Å². The number of hydrogen-bond donors (Lipinski definition) is 0. The van der Waals surface area contributed by atoms with Crippen molar-refractivity contribution in [3.8, 4) is 10.6 Å². The normalized spacial score (nSPS) is 18.1. The van der Waals surface area contributed by atoms with Crippen LogP contribution in [-0.4, -0.2) is 32.3 Å². The zero-order valence-electron chi connectivity index (χ0n) is 14.4. The molecule has 1 fully saturated rings. The van der Waals surface area contributed by atoms with E-state index in [4.69, 9.17) is 16.1 Å². The van der Waals surface area contributed by atoms with Gasteiger partial charge in [-0.15, -0.1) is 11.3 Å². The second-order valence-electron chi connectivity index (χ2n) is 6.46. The lowest BCUT2D eigenvalue weighted by Gasteiger charge is -2.28. The number of rotatable bonds is 3. The van der Waals surface area contributed by atoms with Crippen LogP contribution in [0.15, 0.2) is 34.3 Å². The third-order valence-electron chi connectivity index (χ3n) is 4.63. The Balaban J connectivity index is 1.66. The van der Waals surface area contributed by atoms with Gasteiger partial charge >= 0.3 is 0 Å². The van der Waals surface area contributed by atoms with E-state index in [0.29, 0.717) is 17.3 Å². The van der Waals surface area contributed by atoms with Crippen LogP contribution in [0, 0.1) is 0 Å². The smallest absolute Gasteiger partial charge is 0.276 e. The van der Waals surface area contributed by atoms with E-state index in [9.17, 15) is 4.79 Å². The first-order chi connectivity index (χ1) is 12.6. The van der Waals surface area contributed by atoms with Crippen molar-refractivity contribution in [2.24, 2.45) is 7.05 Å². The van der Waals surface area contributed by atoms with Crippen LogP contribution in [0.2, 0.25) is 5.02 Å². The largest absolute Gasteiger partial charge is 0.355 e. The van der Waals surface area contributed by atoms with E-state index in [2.05, 4.69) is 10.3 Å². The van der Waals surface area contributed by atoms with E-state index in [-0.39, 0.29) is 11.9 Å². The number of aromatic nitrogens is 3. The van der Waals surface area contributed by atoms with Gasteiger partial charge in [0, 0.05) is 25.9 Å². The van der Waals surface area contributed by atoms with Crippen molar-refractivity contribution < 1.29 is 9.32 Å². The maximum Gasteiger partial charge on any atom is 0.276 e. The first kappa shape index (κ1) is 17.3. The van der Waals surface area contributed by atoms with Gasteiger partial charge in [-0.2, -0.15) is 5.10 Å². The van der Waals surface area contributed by atoms with Crippen molar-refractivity contribution in [1.82, 2.24) is 19.8 Å². The molecule has 1 amide bonds. The summed E-state index contributed by atoms with van der Waals surface area (Å²) in [6, 6.07) is 5.80. The molecule has 4 heterocycles. The summed E-state index contributed by atoms with van der Waals surface area (Å²) in [6.45, 7) is 0.664. The number of aryl methyl sites for hydroxylation is 1. The van der Waals surface area contributed by atoms with Crippen molar-refractivity contribution in [3.63, 3.8) is 0 Å². The summed E-state index contributed by atoms with van der Waals surface area (Å²) in [5.74, 6) is 0.589. The average molecular weight is 391 g/mol. The van der Waals surface area contributed by atoms with Gasteiger partial charge in [0.1, 0.15) is 5.69 Å². The Bertz CT molecular complexity index is 902. The molecule has 1 saturated heterocycles. The van der Waals surface area contributed by atoms with Crippen LogP contribution in [0.25, 0.3) is 10.6 Å². The highest BCUT2D eigenvalue weighted by Crippen LogP contribution is 2.34. The number of thiophene rings is 1. The molecule has 0 unspecified atom stereocenters. The molecule has 8 heteroatoms. The Hall–Kier alpha value is -2.12. The predicted octanol–water partition coefficient (Wildman–Crippen LogP) is 4.55. The van der Waals surface area contributed by atoms with Crippen LogP contribution in [-0.2, 0) is 7.05 Å². The molecule has 0 spiro atoms. The predicted molar refractivity (Wildman–Crippen MR) is 100 cm³/mol. The molecule has 0 aliphatic carbocycles. The summed E-state index contributed by atoms with van der Waals surface area (Å²) in [6.07, 6.45) is 5.60. The summed E-state index contributed by atoms with van der Waals surface area (Å²) in [7, 11) is 1.76. The molecule has 4 rings (SSSR count). The molecular weight excluding hydrogens is 372 g/mol. The molecule has 0 radical (unpaired) electrons. The van der Waals surface area contributed by atoms with Gasteiger partial charge in [0.25, 0.3) is 5.91 Å². The highest BCUT2D eigenvalue weighted by molar-refractivity contribution is 7.13. The van der Waals surface area contributed by atoms with Crippen molar-refractivity contribution >= 4 is 28.8 Å². The highest BCUT2D eigenvalue weighted by atomic mass is 35.5. The number of likely N-dealkylation sites (tertiary alicyclic amines) is 1. The molecule has 26 heavy (non-hydrogen) atoms. The molecule has 3 aromatic heterocycles. The highest BCUT2D eigenvalue weighted by Gasteiger charge is 2.32. The van der Waals surface area contributed by atoms with Crippen LogP contribution in [0.3, 0.4) is 0 Å². The lowest BCUT2D eigenvalue weighted by molar-refractivity contribution is 0.0667. The minimum absolute atomic E-state index is 0.125. The molecule has 0 bridgehead atoms. The van der Waals surface area contributed by atoms with Gasteiger partial charge < -0.3 is 9.42 Å². The molecule has 3 aromatic rings. The summed E-state index contributed by atoms with van der Waals surface area (Å²) < 4.78 is 7.10. The molecule has 1 aliphatic rings. The lowest BCUT2D eigenvalue weighted by atomic mass is 10.1. The number of halogens is 1. The molecule has 0 N–H and O–H groups in total. The van der Waals surface area contributed by atoms with E-state index in [1.807, 2.05) is 28.5 Å². The summed E-state index contributed by atoms with van der Waals surface area (Å²) in [5, 5.41) is 10.9. The molecule has 6 nitrogen and oxygen atoms in total. The quantitative estimate of drug-likeness (QED) is 0.658. The van der Waals surface area contributed by atoms with Crippen molar-refractivity contribution in [2.45, 2.75) is 31.7 Å². The number of nitrogens with zero attached hydrogens (tertiary/aromatic N) is 4. The molecule has 1 atom stereocenters. The van der Waals surface area contributed by atoms with E-state index < -0.39 is 0 Å². The van der Waals surface area contributed by atoms with Gasteiger partial charge in [-0.25, -0.2) is 0 Å². The van der Waals surface area contributed by atoms with Crippen LogP contribution < -0.4 is 0 Å². The Labute approximate surface area is 160 Å². The first-order valence-electron chi connectivity index (χ1n) is 8.64. The fourth-order valence-electron chi connectivity index (χ4n) is 3.38. The SMILES string of the molecule is Cn1cc(Cl)c(C(=O)N2CCCCC[C@H]2c2cc(-c3cccs3)on2)n1. The zero-order valence-corrected chi connectivity index (χ0v) is 16.0. The topological polar surface area (TPSA) is 64.2 Å². The lowest BCUT2D eigenvalue weighted by Crippen LogP contribution is -2.35. The monoisotopic (exact) mass is 390 g/mol. The second kappa shape index (κ2) is 7.25. The first-order valence-corrected chi connectivity index (χ1v) is 9.90. The molecule has 136 valence electrons. The molecule has 1 aliphatic heterocycles. The van der Waals surface area contributed by atoms with Gasteiger partial charge in [0.05, 0.1) is 15.9 Å². The van der Waals surface area contributed by atoms with E-state index in [1.165, 1.54) is 0 Å². The Morgan fingerprint density at radius 2 is 2.27 bits per heavy atom. The molecule has 0 aromatic carbocycles. The van der Waals surface area contributed by atoms with Gasteiger partial charge in [0.2, 0.25) is 0 Å². The van der Waals surface area contributed by atoms with Gasteiger partial charge in [-0.1, -0.05) is 35.7 Å². The third-order valence-corrected chi connectivity index (χ3v) is 5.80. The minimum atomic E-state index is -0.150. The Morgan fingerprint density at radius 3 is 3.00 bits per heavy atom. The van der Waals surface area contributed by atoms with Crippen molar-refractivity contribution in [1.29, 1.82) is 0 Å². The zero-order chi connectivity index (χ0) is 18.1. The number of amides is 1. The Morgan fingerprint density at radius 1 is 1.38 bits per heavy atom. The van der Waals surface area contributed by atoms with E-state index in [1.54, 1.807) is 29.3 Å². The number of carbonyl (C=O) groups is 1. The van der Waals surface area contributed by atoms with Gasteiger partial charge in [-0.3, -0.25) is 9.48 Å². The maximum absolute atomic E-state index is 13.1. The number of hydrogen-bond acceptors (Lipinski definition) is 5. The van der Waals surface area contributed by atoms with Crippen LogP contribution >= 0.6 is 22.9 Å². The average Bonchev–Trinajstić information content (AvgIpc) is 3.33. The maximum atomic E-state index is 13.1. The van der Waals surface area contributed by atoms with Crippen molar-refractivity contribution in [2.75, 3.05) is 6.54 Å². The van der Waals surface area contributed by atoms with Crippen LogP contribution in [0.4, 0.5) is 0 Å². The fraction of sp³-hybridized carbons (Fsp3) is 0.389. The summed E-state index contributed by atoms with van der Waals surface area (Å²) in [4.78, 5) is 16.0. The Kier molecular flexibility index (Phi) is 4.82. The fourth-order valence-corrected chi connectivity index (χ4v) is 4.31. The molecule has 0 saturated carbocycles. The van der Waals surface area contributed by atoms with E-state index >= 15 is 0 Å². The standard InChI is InChI=1S/C18H19ClN4O2S/c1-22-11-12(19)17(20-22)18(24)23-8-4-2-3-6-14(23)13-10-15(25-21-13)16-7-5-9-26-16/h5,7,9-11,14H,2-4,6,8H2,1H3/t14-/m0/s1. The van der Waals surface area contributed by atoms with E-state index in [0.717, 1.165) is 42.0 Å². The second-order valence-corrected chi connectivity index (χ2v) is 7.81. The third kappa shape index (κ3) is 3.29. The molecular formula is C18H19ClN4O2S. The minimum Gasteiger partial charge on any atom is -0.355 e. The summed E-state index contributed by atoms with van der Waals surface area (Å²) >= 11 is 7.81. The van der Waals surface area contributed by atoms with Crippen LogP contribution in [0.1, 0.15) is 47.9 Å². The van der Waals surface area contributed by atoms with Gasteiger partial charge in [-0.05, 0) is 24.3 Å².